The highest BCUT2D eigenvalue weighted by Gasteiger charge is 2.15. The van der Waals surface area contributed by atoms with Crippen LogP contribution in [0.4, 0.5) is 17.1 Å². The van der Waals surface area contributed by atoms with Gasteiger partial charge in [0.1, 0.15) is 0 Å². The summed E-state index contributed by atoms with van der Waals surface area (Å²) in [5.41, 5.74) is 14.3. The van der Waals surface area contributed by atoms with Crippen LogP contribution in [0.2, 0.25) is 0 Å². The molecule has 0 bridgehead atoms. The van der Waals surface area contributed by atoms with Gasteiger partial charge in [-0.3, -0.25) is 0 Å². The van der Waals surface area contributed by atoms with Gasteiger partial charge in [-0.1, -0.05) is 163 Å². The number of hydrogen-bond donors (Lipinski definition) is 0. The molecule has 0 unspecified atom stereocenters. The Hall–Kier alpha value is -6.18. The monoisotopic (exact) mass is 613 g/mol. The zero-order valence-electron chi connectivity index (χ0n) is 26.9. The molecule has 8 aromatic rings. The van der Waals surface area contributed by atoms with Crippen molar-refractivity contribution in [3.05, 3.63) is 200 Å². The molecule has 0 amide bonds. The van der Waals surface area contributed by atoms with Gasteiger partial charge < -0.3 is 4.90 Å². The lowest BCUT2D eigenvalue weighted by Gasteiger charge is -2.26. The summed E-state index contributed by atoms with van der Waals surface area (Å²) in [5.74, 6) is 0. The molecule has 0 heterocycles. The number of benzene rings is 8. The molecule has 0 saturated heterocycles. The Balaban J connectivity index is 1.17. The second-order valence-electron chi connectivity index (χ2n) is 12.3. The first-order chi connectivity index (χ1) is 23.7. The fraction of sp³-hybridized carbons (Fsp3) is 0.0213. The van der Waals surface area contributed by atoms with Crippen molar-refractivity contribution in [1.29, 1.82) is 0 Å². The lowest BCUT2D eigenvalue weighted by molar-refractivity contribution is 1.28. The number of fused-ring (bicyclic) bond motifs is 1. The van der Waals surface area contributed by atoms with E-state index in [0.717, 1.165) is 17.1 Å². The van der Waals surface area contributed by atoms with Crippen LogP contribution in [0.5, 0.6) is 0 Å². The van der Waals surface area contributed by atoms with Gasteiger partial charge in [0.2, 0.25) is 0 Å². The maximum absolute atomic E-state index is 2.35. The fourth-order valence-corrected chi connectivity index (χ4v) is 6.57. The molecule has 0 atom stereocenters. The maximum atomic E-state index is 2.35. The summed E-state index contributed by atoms with van der Waals surface area (Å²) >= 11 is 0. The van der Waals surface area contributed by atoms with E-state index in [2.05, 4.69) is 206 Å². The van der Waals surface area contributed by atoms with Crippen LogP contribution in [-0.2, 0) is 0 Å². The summed E-state index contributed by atoms with van der Waals surface area (Å²) in [6.07, 6.45) is 0. The lowest BCUT2D eigenvalue weighted by atomic mass is 9.97. The molecule has 48 heavy (non-hydrogen) atoms. The minimum absolute atomic E-state index is 1.11. The van der Waals surface area contributed by atoms with Crippen molar-refractivity contribution in [2.24, 2.45) is 0 Å². The van der Waals surface area contributed by atoms with Gasteiger partial charge in [-0.25, -0.2) is 0 Å². The number of anilines is 3. The third kappa shape index (κ3) is 5.90. The van der Waals surface area contributed by atoms with E-state index in [1.807, 2.05) is 0 Å². The molecule has 0 N–H and O–H groups in total. The molecule has 0 radical (unpaired) electrons. The average Bonchev–Trinajstić information content (AvgIpc) is 3.16. The first-order valence-electron chi connectivity index (χ1n) is 16.5. The molecular formula is C47H35N. The molecule has 0 aliphatic carbocycles. The highest BCUT2D eigenvalue weighted by atomic mass is 15.1. The van der Waals surface area contributed by atoms with E-state index in [-0.39, 0.29) is 0 Å². The zero-order chi connectivity index (χ0) is 32.3. The molecule has 0 fully saturated rings. The third-order valence-electron chi connectivity index (χ3n) is 9.17. The van der Waals surface area contributed by atoms with Crippen LogP contribution in [0.15, 0.2) is 194 Å². The maximum Gasteiger partial charge on any atom is 0.0467 e. The summed E-state index contributed by atoms with van der Waals surface area (Å²) in [4.78, 5) is 2.35. The van der Waals surface area contributed by atoms with Crippen LogP contribution in [0.1, 0.15) is 5.56 Å². The second-order valence-corrected chi connectivity index (χ2v) is 12.3. The van der Waals surface area contributed by atoms with Gasteiger partial charge >= 0.3 is 0 Å². The van der Waals surface area contributed by atoms with Gasteiger partial charge in [0.25, 0.3) is 0 Å². The summed E-state index contributed by atoms with van der Waals surface area (Å²) in [6.45, 7) is 2.12. The minimum atomic E-state index is 1.11. The van der Waals surface area contributed by atoms with Crippen molar-refractivity contribution >= 4 is 27.8 Å². The van der Waals surface area contributed by atoms with Crippen LogP contribution in [0, 0.1) is 6.92 Å². The molecule has 1 heteroatoms. The summed E-state index contributed by atoms with van der Waals surface area (Å²) in [7, 11) is 0. The highest BCUT2D eigenvalue weighted by molar-refractivity contribution is 5.97. The number of hydrogen-bond acceptors (Lipinski definition) is 1. The van der Waals surface area contributed by atoms with Crippen molar-refractivity contribution in [2.45, 2.75) is 6.92 Å². The summed E-state index contributed by atoms with van der Waals surface area (Å²) in [5, 5.41) is 2.50. The van der Waals surface area contributed by atoms with E-state index in [4.69, 9.17) is 0 Å². The van der Waals surface area contributed by atoms with Crippen molar-refractivity contribution in [3.63, 3.8) is 0 Å². The normalized spacial score (nSPS) is 11.0. The fourth-order valence-electron chi connectivity index (χ4n) is 6.57. The molecular weight excluding hydrogens is 579 g/mol. The molecule has 0 saturated carbocycles. The largest absolute Gasteiger partial charge is 0.310 e. The van der Waals surface area contributed by atoms with Crippen molar-refractivity contribution in [1.82, 2.24) is 0 Å². The molecule has 228 valence electrons. The Morgan fingerprint density at radius 1 is 0.312 bits per heavy atom. The van der Waals surface area contributed by atoms with Gasteiger partial charge in [-0.15, -0.1) is 0 Å². The zero-order valence-corrected chi connectivity index (χ0v) is 26.9. The smallest absolute Gasteiger partial charge is 0.0467 e. The van der Waals surface area contributed by atoms with Crippen LogP contribution < -0.4 is 4.90 Å². The lowest BCUT2D eigenvalue weighted by Crippen LogP contribution is -2.10. The predicted molar refractivity (Wildman–Crippen MR) is 205 cm³/mol. The van der Waals surface area contributed by atoms with E-state index in [1.54, 1.807) is 0 Å². The van der Waals surface area contributed by atoms with Crippen molar-refractivity contribution < 1.29 is 0 Å². The van der Waals surface area contributed by atoms with E-state index in [0.29, 0.717) is 0 Å². The van der Waals surface area contributed by atoms with Crippen LogP contribution >= 0.6 is 0 Å². The number of nitrogens with zero attached hydrogens (tertiary/aromatic N) is 1. The first kappa shape index (κ1) is 29.2. The van der Waals surface area contributed by atoms with Crippen LogP contribution in [-0.4, -0.2) is 0 Å². The highest BCUT2D eigenvalue weighted by Crippen LogP contribution is 2.39. The van der Waals surface area contributed by atoms with Gasteiger partial charge in [0.15, 0.2) is 0 Å². The van der Waals surface area contributed by atoms with Crippen molar-refractivity contribution in [2.75, 3.05) is 4.90 Å². The quantitative estimate of drug-likeness (QED) is 0.173. The summed E-state index contributed by atoms with van der Waals surface area (Å²) in [6, 6.07) is 70.0. The Bertz CT molecular complexity index is 2290. The second kappa shape index (κ2) is 12.9. The number of rotatable bonds is 7. The van der Waals surface area contributed by atoms with E-state index in [9.17, 15) is 0 Å². The van der Waals surface area contributed by atoms with Gasteiger partial charge in [-0.05, 0) is 98.6 Å². The Kier molecular flexibility index (Phi) is 7.86. The van der Waals surface area contributed by atoms with Crippen LogP contribution in [0.3, 0.4) is 0 Å². The predicted octanol–water partition coefficient (Wildman–Crippen LogP) is 13.3. The first-order valence-corrected chi connectivity index (χ1v) is 16.5. The number of aryl methyl sites for hydroxylation is 1. The van der Waals surface area contributed by atoms with Gasteiger partial charge in [0, 0.05) is 17.1 Å². The topological polar surface area (TPSA) is 3.24 Å². The van der Waals surface area contributed by atoms with Gasteiger partial charge in [-0.2, -0.15) is 0 Å². The third-order valence-corrected chi connectivity index (χ3v) is 9.17. The Labute approximate surface area is 283 Å². The summed E-state index contributed by atoms with van der Waals surface area (Å²) < 4.78 is 0. The van der Waals surface area contributed by atoms with Crippen molar-refractivity contribution in [3.8, 4) is 44.5 Å². The standard InChI is InChI=1S/C47H35N/c1-34-17-19-36(20-18-34)37-21-23-38(24-22-37)40-27-31-44(32-28-40)48(43-29-25-39(26-30-43)35-9-3-2-4-10-35)45-14-7-13-42(33-45)47-16-8-12-41-11-5-6-15-46(41)47/h2-33H,1H3. The minimum Gasteiger partial charge on any atom is -0.310 e. The average molecular weight is 614 g/mol. The molecule has 8 rings (SSSR count). The Morgan fingerprint density at radius 3 is 1.35 bits per heavy atom. The van der Waals surface area contributed by atoms with Gasteiger partial charge in [0.05, 0.1) is 0 Å². The SMILES string of the molecule is Cc1ccc(-c2ccc(-c3ccc(N(c4ccc(-c5ccccc5)cc4)c4cccc(-c5cccc6ccccc56)c4)cc3)cc2)cc1. The molecule has 0 aliphatic heterocycles. The molecule has 8 aromatic carbocycles. The molecule has 0 spiro atoms. The van der Waals surface area contributed by atoms with E-state index < -0.39 is 0 Å². The Morgan fingerprint density at radius 2 is 0.750 bits per heavy atom. The van der Waals surface area contributed by atoms with E-state index in [1.165, 1.54) is 60.8 Å². The molecule has 0 aliphatic rings. The van der Waals surface area contributed by atoms with E-state index >= 15 is 0 Å². The molecule has 1 nitrogen and oxygen atoms in total. The molecule has 0 aromatic heterocycles. The van der Waals surface area contributed by atoms with Crippen LogP contribution in [0.25, 0.3) is 55.3 Å².